The van der Waals surface area contributed by atoms with Gasteiger partial charge in [-0.15, -0.1) is 0 Å². The van der Waals surface area contributed by atoms with E-state index in [1.807, 2.05) is 24.3 Å². The molecule has 0 saturated heterocycles. The minimum atomic E-state index is -0.358. The number of unbranched alkanes of at least 4 members (excludes halogenated alkanes) is 5. The van der Waals surface area contributed by atoms with E-state index in [9.17, 15) is 4.79 Å². The first-order valence-electron chi connectivity index (χ1n) is 7.17. The molecule has 0 fully saturated rings. The maximum atomic E-state index is 11.6. The third-order valence-corrected chi connectivity index (χ3v) is 3.58. The first-order chi connectivity index (χ1) is 9.74. The number of rotatable bonds is 9. The average Bonchev–Trinajstić information content (AvgIpc) is 2.44. The van der Waals surface area contributed by atoms with Crippen molar-refractivity contribution in [1.82, 2.24) is 5.48 Å². The van der Waals surface area contributed by atoms with E-state index in [2.05, 4.69) is 33.7 Å². The zero-order chi connectivity index (χ0) is 14.6. The van der Waals surface area contributed by atoms with Gasteiger partial charge in [0.15, 0.2) is 0 Å². The van der Waals surface area contributed by atoms with Gasteiger partial charge in [-0.05, 0) is 34.5 Å². The average molecular weight is 343 g/mol. The summed E-state index contributed by atoms with van der Waals surface area (Å²) >= 11 is 3.36. The third-order valence-electron chi connectivity index (χ3n) is 2.89. The number of carbonyl (C=O) groups is 1. The van der Waals surface area contributed by atoms with Gasteiger partial charge in [0.05, 0.1) is 12.3 Å². The van der Waals surface area contributed by atoms with Crippen LogP contribution < -0.4 is 10.8 Å². The third kappa shape index (κ3) is 7.50. The van der Waals surface area contributed by atoms with E-state index in [1.54, 1.807) is 0 Å². The quantitative estimate of drug-likeness (QED) is 0.497. The summed E-state index contributed by atoms with van der Waals surface area (Å²) in [4.78, 5) is 16.7. The van der Waals surface area contributed by atoms with E-state index < -0.39 is 0 Å². The second-order valence-electron chi connectivity index (χ2n) is 4.65. The van der Waals surface area contributed by atoms with Crippen molar-refractivity contribution in [3.63, 3.8) is 0 Å². The van der Waals surface area contributed by atoms with Crippen LogP contribution in [0.3, 0.4) is 0 Å². The molecule has 0 radical (unpaired) electrons. The molecule has 0 atom stereocenters. The molecule has 1 aromatic rings. The van der Waals surface area contributed by atoms with Gasteiger partial charge in [0, 0.05) is 4.47 Å². The van der Waals surface area contributed by atoms with Crippen molar-refractivity contribution in [2.24, 2.45) is 0 Å². The van der Waals surface area contributed by atoms with Crippen molar-refractivity contribution in [3.05, 3.63) is 28.7 Å². The van der Waals surface area contributed by atoms with Gasteiger partial charge in [0.25, 0.3) is 0 Å². The normalized spacial score (nSPS) is 10.3. The smallest absolute Gasteiger partial charge is 0.305 e. The van der Waals surface area contributed by atoms with Crippen molar-refractivity contribution in [2.45, 2.75) is 45.4 Å². The van der Waals surface area contributed by atoms with Gasteiger partial charge >= 0.3 is 6.03 Å². The van der Waals surface area contributed by atoms with Crippen molar-refractivity contribution < 1.29 is 9.63 Å². The second kappa shape index (κ2) is 10.7. The summed E-state index contributed by atoms with van der Waals surface area (Å²) in [6.07, 6.45) is 7.19. The maximum absolute atomic E-state index is 11.6. The molecule has 112 valence electrons. The molecule has 0 aliphatic rings. The molecule has 0 aliphatic carbocycles. The number of benzene rings is 1. The number of amides is 2. The van der Waals surface area contributed by atoms with Crippen molar-refractivity contribution >= 4 is 27.6 Å². The highest BCUT2D eigenvalue weighted by molar-refractivity contribution is 9.10. The van der Waals surface area contributed by atoms with Crippen molar-refractivity contribution in [1.29, 1.82) is 0 Å². The summed E-state index contributed by atoms with van der Waals surface area (Å²) in [6.45, 7) is 2.76. The molecule has 1 aromatic carbocycles. The Morgan fingerprint density at radius 2 is 1.85 bits per heavy atom. The van der Waals surface area contributed by atoms with Crippen LogP contribution in [0.15, 0.2) is 28.7 Å². The predicted octanol–water partition coefficient (Wildman–Crippen LogP) is 4.86. The largest absolute Gasteiger partial charge is 0.343 e. The molecule has 20 heavy (non-hydrogen) atoms. The minimum absolute atomic E-state index is 0.358. The molecule has 0 bridgehead atoms. The van der Waals surface area contributed by atoms with E-state index in [-0.39, 0.29) is 6.03 Å². The molecular formula is C15H23BrN2O2. The number of carbonyl (C=O) groups excluding carboxylic acids is 1. The molecule has 5 heteroatoms. The number of hydroxylamine groups is 1. The SMILES string of the molecule is CCCCCCCCONC(=O)Nc1ccccc1Br. The van der Waals surface area contributed by atoms with Crippen LogP contribution in [0.5, 0.6) is 0 Å². The Labute approximate surface area is 129 Å². The number of anilines is 1. The van der Waals surface area contributed by atoms with Crippen LogP contribution in [-0.4, -0.2) is 12.6 Å². The van der Waals surface area contributed by atoms with Crippen LogP contribution in [0.25, 0.3) is 0 Å². The van der Waals surface area contributed by atoms with Crippen molar-refractivity contribution in [2.75, 3.05) is 11.9 Å². The number of hydrogen-bond donors (Lipinski definition) is 2. The fourth-order valence-corrected chi connectivity index (χ4v) is 2.17. The molecular weight excluding hydrogens is 320 g/mol. The molecule has 0 aliphatic heterocycles. The molecule has 4 nitrogen and oxygen atoms in total. The summed E-state index contributed by atoms with van der Waals surface area (Å²) in [5, 5.41) is 2.71. The monoisotopic (exact) mass is 342 g/mol. The second-order valence-corrected chi connectivity index (χ2v) is 5.51. The Kier molecular flexibility index (Phi) is 9.07. The molecule has 0 spiro atoms. The van der Waals surface area contributed by atoms with E-state index in [0.29, 0.717) is 12.3 Å². The van der Waals surface area contributed by atoms with E-state index in [1.165, 1.54) is 25.7 Å². The van der Waals surface area contributed by atoms with Crippen LogP contribution in [0, 0.1) is 0 Å². The standard InChI is InChI=1S/C15H23BrN2O2/c1-2-3-4-5-6-9-12-20-18-15(19)17-14-11-8-7-10-13(14)16/h7-8,10-11H,2-6,9,12H2,1H3,(H2,17,18,19). The van der Waals surface area contributed by atoms with Crippen LogP contribution in [0.1, 0.15) is 45.4 Å². The van der Waals surface area contributed by atoms with Gasteiger partial charge in [-0.25, -0.2) is 10.3 Å². The molecule has 1 rings (SSSR count). The lowest BCUT2D eigenvalue weighted by atomic mass is 10.1. The van der Waals surface area contributed by atoms with Crippen LogP contribution in [-0.2, 0) is 4.84 Å². The highest BCUT2D eigenvalue weighted by Crippen LogP contribution is 2.20. The van der Waals surface area contributed by atoms with Gasteiger partial charge < -0.3 is 5.32 Å². The Hall–Kier alpha value is -1.07. The molecule has 2 N–H and O–H groups in total. The summed E-state index contributed by atoms with van der Waals surface area (Å²) in [7, 11) is 0. The Bertz CT molecular complexity index is 399. The Morgan fingerprint density at radius 1 is 1.15 bits per heavy atom. The van der Waals surface area contributed by atoms with Crippen LogP contribution >= 0.6 is 15.9 Å². The molecule has 0 aromatic heterocycles. The fraction of sp³-hybridized carbons (Fsp3) is 0.533. The van der Waals surface area contributed by atoms with Gasteiger partial charge in [-0.3, -0.25) is 4.84 Å². The number of urea groups is 1. The predicted molar refractivity (Wildman–Crippen MR) is 85.6 cm³/mol. The first kappa shape index (κ1) is 17.0. The maximum Gasteiger partial charge on any atom is 0.343 e. The lowest BCUT2D eigenvalue weighted by molar-refractivity contribution is 0.0631. The summed E-state index contributed by atoms with van der Waals surface area (Å²) in [5.74, 6) is 0. The fourth-order valence-electron chi connectivity index (χ4n) is 1.78. The molecule has 2 amide bonds. The van der Waals surface area contributed by atoms with Crippen LogP contribution in [0.4, 0.5) is 10.5 Å². The summed E-state index contributed by atoms with van der Waals surface area (Å²) in [5.41, 5.74) is 3.11. The lowest BCUT2D eigenvalue weighted by Crippen LogP contribution is -2.29. The van der Waals surface area contributed by atoms with Gasteiger partial charge in [-0.1, -0.05) is 51.2 Å². The number of nitrogens with one attached hydrogen (secondary N) is 2. The number of halogens is 1. The molecule has 0 saturated carbocycles. The number of hydrogen-bond acceptors (Lipinski definition) is 2. The first-order valence-corrected chi connectivity index (χ1v) is 7.96. The Balaban J connectivity index is 2.05. The summed E-state index contributed by atoms with van der Waals surface area (Å²) < 4.78 is 0.839. The number of para-hydroxylation sites is 1. The van der Waals surface area contributed by atoms with E-state index in [4.69, 9.17) is 4.84 Å². The van der Waals surface area contributed by atoms with Crippen molar-refractivity contribution in [3.8, 4) is 0 Å². The summed E-state index contributed by atoms with van der Waals surface area (Å²) in [6, 6.07) is 7.08. The lowest BCUT2D eigenvalue weighted by Gasteiger charge is -2.09. The van der Waals surface area contributed by atoms with E-state index in [0.717, 1.165) is 17.3 Å². The molecule has 0 heterocycles. The highest BCUT2D eigenvalue weighted by Gasteiger charge is 2.03. The van der Waals surface area contributed by atoms with Crippen LogP contribution in [0.2, 0.25) is 0 Å². The zero-order valence-electron chi connectivity index (χ0n) is 12.0. The van der Waals surface area contributed by atoms with Gasteiger partial charge in [0.2, 0.25) is 0 Å². The van der Waals surface area contributed by atoms with Gasteiger partial charge in [0.1, 0.15) is 0 Å². The minimum Gasteiger partial charge on any atom is -0.305 e. The highest BCUT2D eigenvalue weighted by atomic mass is 79.9. The zero-order valence-corrected chi connectivity index (χ0v) is 13.5. The van der Waals surface area contributed by atoms with Gasteiger partial charge in [-0.2, -0.15) is 0 Å². The van der Waals surface area contributed by atoms with E-state index >= 15 is 0 Å². The molecule has 0 unspecified atom stereocenters. The topological polar surface area (TPSA) is 50.4 Å². The Morgan fingerprint density at radius 3 is 2.60 bits per heavy atom.